The fourth-order valence-electron chi connectivity index (χ4n) is 4.19. The van der Waals surface area contributed by atoms with Crippen molar-refractivity contribution in [3.05, 3.63) is 72.8 Å². The van der Waals surface area contributed by atoms with Crippen LogP contribution in [0.5, 0.6) is 0 Å². The molecular weight excluding hydrogens is 436 g/mol. The summed E-state index contributed by atoms with van der Waals surface area (Å²) < 4.78 is 7.37. The SMILES string of the molecule is Nc1ncnc2c1ncn2[C@@H]1O[C@H](/C=C/CNC(=O)Cc2cccc3ccccc23)[C@@H](O)[C@H]1O. The summed E-state index contributed by atoms with van der Waals surface area (Å²) in [4.78, 5) is 24.6. The molecule has 1 amide bonds. The number of amides is 1. The highest BCUT2D eigenvalue weighted by Gasteiger charge is 2.43. The van der Waals surface area contributed by atoms with Crippen LogP contribution in [0.2, 0.25) is 0 Å². The van der Waals surface area contributed by atoms with Crippen LogP contribution in [0.1, 0.15) is 11.8 Å². The number of rotatable bonds is 6. The summed E-state index contributed by atoms with van der Waals surface area (Å²) in [6.07, 6.45) is 2.27. The van der Waals surface area contributed by atoms with Crippen LogP contribution in [0.3, 0.4) is 0 Å². The van der Waals surface area contributed by atoms with Gasteiger partial charge in [0, 0.05) is 6.54 Å². The average Bonchev–Trinajstić information content (AvgIpc) is 3.39. The number of aliphatic hydroxyl groups excluding tert-OH is 2. The molecule has 10 nitrogen and oxygen atoms in total. The number of aliphatic hydroxyl groups is 2. The van der Waals surface area contributed by atoms with Gasteiger partial charge in [-0.3, -0.25) is 9.36 Å². The number of imidazole rings is 1. The minimum atomic E-state index is -1.20. The minimum absolute atomic E-state index is 0.117. The van der Waals surface area contributed by atoms with Gasteiger partial charge in [-0.15, -0.1) is 0 Å². The lowest BCUT2D eigenvalue weighted by Crippen LogP contribution is -2.31. The topological polar surface area (TPSA) is 148 Å². The molecule has 5 N–H and O–H groups in total. The zero-order chi connectivity index (χ0) is 23.7. The van der Waals surface area contributed by atoms with Crippen molar-refractivity contribution in [1.82, 2.24) is 24.8 Å². The number of aromatic nitrogens is 4. The number of hydrogen-bond donors (Lipinski definition) is 4. The Morgan fingerprint density at radius 3 is 2.82 bits per heavy atom. The van der Waals surface area contributed by atoms with E-state index in [0.29, 0.717) is 11.2 Å². The lowest BCUT2D eigenvalue weighted by molar-refractivity contribution is -0.120. The molecule has 0 aliphatic carbocycles. The van der Waals surface area contributed by atoms with Crippen molar-refractivity contribution in [2.45, 2.75) is 31.0 Å². The highest BCUT2D eigenvalue weighted by molar-refractivity contribution is 5.90. The molecule has 0 unspecified atom stereocenters. The fraction of sp³-hybridized carbons (Fsp3) is 0.250. The van der Waals surface area contributed by atoms with E-state index in [1.54, 1.807) is 12.2 Å². The van der Waals surface area contributed by atoms with E-state index in [2.05, 4.69) is 20.3 Å². The third-order valence-corrected chi connectivity index (χ3v) is 5.91. The lowest BCUT2D eigenvalue weighted by atomic mass is 10.0. The molecule has 2 aromatic heterocycles. The first-order valence-electron chi connectivity index (χ1n) is 10.9. The number of anilines is 1. The van der Waals surface area contributed by atoms with Gasteiger partial charge in [0.15, 0.2) is 17.7 Å². The number of benzene rings is 2. The predicted molar refractivity (Wildman–Crippen MR) is 125 cm³/mol. The van der Waals surface area contributed by atoms with Gasteiger partial charge in [0.1, 0.15) is 30.2 Å². The molecule has 0 saturated carbocycles. The second-order valence-corrected chi connectivity index (χ2v) is 8.10. The Hall–Kier alpha value is -3.86. The number of ether oxygens (including phenoxy) is 1. The van der Waals surface area contributed by atoms with Gasteiger partial charge in [0.2, 0.25) is 5.91 Å². The monoisotopic (exact) mass is 460 g/mol. The van der Waals surface area contributed by atoms with Gasteiger partial charge in [-0.05, 0) is 16.3 Å². The van der Waals surface area contributed by atoms with Crippen LogP contribution >= 0.6 is 0 Å². The summed E-state index contributed by atoms with van der Waals surface area (Å²) in [5.41, 5.74) is 7.56. The van der Waals surface area contributed by atoms with E-state index in [1.165, 1.54) is 17.2 Å². The predicted octanol–water partition coefficient (Wildman–Crippen LogP) is 1.10. The number of nitrogen functional groups attached to an aromatic ring is 1. The maximum atomic E-state index is 12.4. The molecule has 34 heavy (non-hydrogen) atoms. The van der Waals surface area contributed by atoms with Crippen LogP contribution in [-0.4, -0.2) is 60.5 Å². The van der Waals surface area contributed by atoms with E-state index in [4.69, 9.17) is 10.5 Å². The highest BCUT2D eigenvalue weighted by Crippen LogP contribution is 2.32. The van der Waals surface area contributed by atoms with E-state index in [9.17, 15) is 15.0 Å². The molecule has 4 atom stereocenters. The van der Waals surface area contributed by atoms with Crippen molar-refractivity contribution < 1.29 is 19.7 Å². The van der Waals surface area contributed by atoms with E-state index in [-0.39, 0.29) is 24.7 Å². The van der Waals surface area contributed by atoms with Crippen molar-refractivity contribution >= 4 is 33.7 Å². The summed E-state index contributed by atoms with van der Waals surface area (Å²) in [7, 11) is 0. The molecule has 5 rings (SSSR count). The number of nitrogens with two attached hydrogens (primary N) is 1. The molecule has 1 aliphatic heterocycles. The van der Waals surface area contributed by atoms with Gasteiger partial charge in [-0.1, -0.05) is 54.6 Å². The molecule has 3 heterocycles. The van der Waals surface area contributed by atoms with Gasteiger partial charge in [0.05, 0.1) is 12.7 Å². The summed E-state index contributed by atoms with van der Waals surface area (Å²) in [6.45, 7) is 0.259. The summed E-state index contributed by atoms with van der Waals surface area (Å²) in [5, 5.41) is 26.0. The van der Waals surface area contributed by atoms with Crippen LogP contribution in [0.15, 0.2) is 67.3 Å². The van der Waals surface area contributed by atoms with Crippen molar-refractivity contribution in [2.75, 3.05) is 12.3 Å². The number of fused-ring (bicyclic) bond motifs is 2. The normalized spacial score (nSPS) is 22.6. The van der Waals surface area contributed by atoms with Gasteiger partial charge >= 0.3 is 0 Å². The van der Waals surface area contributed by atoms with Crippen LogP contribution in [-0.2, 0) is 16.0 Å². The number of nitrogens with one attached hydrogen (secondary N) is 1. The maximum Gasteiger partial charge on any atom is 0.224 e. The van der Waals surface area contributed by atoms with Crippen LogP contribution in [0.4, 0.5) is 5.82 Å². The molecule has 0 radical (unpaired) electrons. The first-order chi connectivity index (χ1) is 16.5. The summed E-state index contributed by atoms with van der Waals surface area (Å²) >= 11 is 0. The van der Waals surface area contributed by atoms with Crippen molar-refractivity contribution in [3.63, 3.8) is 0 Å². The van der Waals surface area contributed by atoms with Gasteiger partial charge in [0.25, 0.3) is 0 Å². The Morgan fingerprint density at radius 1 is 1.12 bits per heavy atom. The maximum absolute atomic E-state index is 12.4. The van der Waals surface area contributed by atoms with Crippen LogP contribution in [0.25, 0.3) is 21.9 Å². The van der Waals surface area contributed by atoms with E-state index in [1.807, 2.05) is 42.5 Å². The molecule has 1 aliphatic rings. The Kier molecular flexibility index (Phi) is 5.93. The van der Waals surface area contributed by atoms with Crippen LogP contribution in [0, 0.1) is 0 Å². The molecule has 4 aromatic rings. The molecule has 2 aromatic carbocycles. The van der Waals surface area contributed by atoms with E-state index in [0.717, 1.165) is 16.3 Å². The number of carbonyl (C=O) groups excluding carboxylic acids is 1. The highest BCUT2D eigenvalue weighted by atomic mass is 16.6. The van der Waals surface area contributed by atoms with Gasteiger partial charge in [-0.2, -0.15) is 0 Å². The zero-order valence-corrected chi connectivity index (χ0v) is 18.2. The molecule has 10 heteroatoms. The van der Waals surface area contributed by atoms with Crippen molar-refractivity contribution in [3.8, 4) is 0 Å². The third-order valence-electron chi connectivity index (χ3n) is 5.91. The molecule has 0 bridgehead atoms. The Bertz CT molecular complexity index is 1360. The summed E-state index contributed by atoms with van der Waals surface area (Å²) in [6, 6.07) is 13.8. The van der Waals surface area contributed by atoms with Crippen molar-refractivity contribution in [2.24, 2.45) is 0 Å². The first kappa shape index (κ1) is 22.0. The second kappa shape index (κ2) is 9.18. The lowest BCUT2D eigenvalue weighted by Gasteiger charge is -2.16. The Morgan fingerprint density at radius 2 is 1.94 bits per heavy atom. The largest absolute Gasteiger partial charge is 0.387 e. The Balaban J connectivity index is 1.20. The molecule has 1 saturated heterocycles. The van der Waals surface area contributed by atoms with Crippen LogP contribution < -0.4 is 11.1 Å². The zero-order valence-electron chi connectivity index (χ0n) is 18.2. The number of carbonyl (C=O) groups is 1. The average molecular weight is 460 g/mol. The first-order valence-corrected chi connectivity index (χ1v) is 10.9. The molecular formula is C24H24N6O4. The van der Waals surface area contributed by atoms with Crippen molar-refractivity contribution in [1.29, 1.82) is 0 Å². The quantitative estimate of drug-likeness (QED) is 0.313. The smallest absolute Gasteiger partial charge is 0.224 e. The standard InChI is InChI=1S/C24H24N6O4/c25-22-19-23(28-12-27-22)30(13-29-19)24-21(33)20(32)17(34-24)9-4-10-26-18(31)11-15-7-3-6-14-5-1-2-8-16(14)15/h1-9,12-13,17,20-21,24,32-33H,10-11H2,(H,26,31)(H2,25,27,28)/b9-4+/t17-,20-,21-,24-/m1/s1. The van der Waals surface area contributed by atoms with Gasteiger partial charge < -0.3 is 26.0 Å². The Labute approximate surface area is 194 Å². The number of hydrogen-bond acceptors (Lipinski definition) is 8. The van der Waals surface area contributed by atoms with Gasteiger partial charge in [-0.25, -0.2) is 15.0 Å². The molecule has 174 valence electrons. The molecule has 1 fully saturated rings. The molecule has 0 spiro atoms. The van der Waals surface area contributed by atoms with E-state index < -0.39 is 24.5 Å². The second-order valence-electron chi connectivity index (χ2n) is 8.10. The fourth-order valence-corrected chi connectivity index (χ4v) is 4.19. The third kappa shape index (κ3) is 4.10. The summed E-state index contributed by atoms with van der Waals surface area (Å²) in [5.74, 6) is 0.0985. The number of nitrogens with zero attached hydrogens (tertiary/aromatic N) is 4. The van der Waals surface area contributed by atoms with E-state index >= 15 is 0 Å². The minimum Gasteiger partial charge on any atom is -0.387 e.